The summed E-state index contributed by atoms with van der Waals surface area (Å²) in [5, 5.41) is 21.3. The first kappa shape index (κ1) is 46.3. The molecule has 0 bridgehead atoms. The van der Waals surface area contributed by atoms with Gasteiger partial charge in [-0.25, -0.2) is 8.42 Å². The summed E-state index contributed by atoms with van der Waals surface area (Å²) in [6, 6.07) is 21.6. The van der Waals surface area contributed by atoms with Crippen LogP contribution in [0.3, 0.4) is 0 Å². The van der Waals surface area contributed by atoms with Gasteiger partial charge < -0.3 is 24.2 Å². The third-order valence-corrected chi connectivity index (χ3v) is 9.95. The molecule has 0 aliphatic carbocycles. The molecule has 53 heavy (non-hydrogen) atoms. The maximum atomic E-state index is 11.6. The van der Waals surface area contributed by atoms with E-state index in [4.69, 9.17) is 14.0 Å². The van der Waals surface area contributed by atoms with E-state index in [0.717, 1.165) is 67.9 Å². The molecule has 4 aromatic rings. The maximum absolute atomic E-state index is 11.6. The van der Waals surface area contributed by atoms with Gasteiger partial charge in [-0.15, -0.1) is 5.75 Å². The van der Waals surface area contributed by atoms with Crippen molar-refractivity contribution in [1.29, 1.82) is 0 Å². The van der Waals surface area contributed by atoms with Crippen molar-refractivity contribution in [2.45, 2.75) is 114 Å². The fourth-order valence-electron chi connectivity index (χ4n) is 5.58. The van der Waals surface area contributed by atoms with Crippen molar-refractivity contribution in [1.82, 2.24) is 0 Å². The Bertz CT molecular complexity index is 1780. The Kier molecular flexibility index (Phi) is 20.8. The normalized spacial score (nSPS) is 11.2. The molecule has 0 spiro atoms. The van der Waals surface area contributed by atoms with E-state index in [1.54, 1.807) is 6.07 Å². The molecule has 2 N–H and O–H groups in total. The number of hydrogen-bond donors (Lipinski definition) is 2. The zero-order chi connectivity index (χ0) is 38.0. The van der Waals surface area contributed by atoms with E-state index in [2.05, 4.69) is 13.8 Å². The molecule has 13 heteroatoms. The Balaban J connectivity index is 0.000000360. The van der Waals surface area contributed by atoms with Gasteiger partial charge in [0.2, 0.25) is 0 Å². The van der Waals surface area contributed by atoms with E-state index in [9.17, 15) is 31.6 Å². The van der Waals surface area contributed by atoms with Crippen molar-refractivity contribution in [3.8, 4) is 34.5 Å². The number of ether oxygens (including phenoxy) is 2. The van der Waals surface area contributed by atoms with Gasteiger partial charge in [0.15, 0.2) is 0 Å². The Morgan fingerprint density at radius 3 is 1.49 bits per heavy atom. The van der Waals surface area contributed by atoms with E-state index >= 15 is 0 Å². The van der Waals surface area contributed by atoms with Crippen molar-refractivity contribution >= 4 is 58.0 Å². The average Bonchev–Trinajstić information content (AvgIpc) is 3.08. The monoisotopic (exact) mass is 794 g/mol. The van der Waals surface area contributed by atoms with Gasteiger partial charge in [0, 0.05) is 18.2 Å². The van der Waals surface area contributed by atoms with Gasteiger partial charge in [0.25, 0.3) is 10.1 Å². The topological polar surface area (TPSA) is 173 Å². The molecule has 284 valence electrons. The Morgan fingerprint density at radius 2 is 1.02 bits per heavy atom. The van der Waals surface area contributed by atoms with Gasteiger partial charge in [0.05, 0.1) is 4.90 Å². The second-order valence-corrected chi connectivity index (χ2v) is 15.5. The summed E-state index contributed by atoms with van der Waals surface area (Å²) in [5.74, 6) is 0.540. The molecule has 0 amide bonds. The summed E-state index contributed by atoms with van der Waals surface area (Å²) in [7, 11) is -9.12. The number of phenols is 1. The summed E-state index contributed by atoms with van der Waals surface area (Å²) in [5.41, 5.74) is 2.02. The molecule has 0 radical (unpaired) electrons. The van der Waals surface area contributed by atoms with Gasteiger partial charge in [0.1, 0.15) is 43.8 Å². The fourth-order valence-corrected chi connectivity index (χ4v) is 6.63. The van der Waals surface area contributed by atoms with Crippen LogP contribution in [0, 0.1) is 0 Å². The van der Waals surface area contributed by atoms with Crippen molar-refractivity contribution < 1.29 is 45.6 Å². The molecular formula is C40H50CaO10S2. The third-order valence-electron chi connectivity index (χ3n) is 8.31. The van der Waals surface area contributed by atoms with E-state index in [-0.39, 0.29) is 55.0 Å². The summed E-state index contributed by atoms with van der Waals surface area (Å²) in [6.45, 7) is 4.39. The van der Waals surface area contributed by atoms with Crippen LogP contribution in [0.25, 0.3) is 0 Å². The van der Waals surface area contributed by atoms with E-state index in [1.807, 2.05) is 42.5 Å². The van der Waals surface area contributed by atoms with Gasteiger partial charge in [-0.2, -0.15) is 8.42 Å². The predicted octanol–water partition coefficient (Wildman–Crippen LogP) is 9.31. The summed E-state index contributed by atoms with van der Waals surface area (Å²) < 4.78 is 76.7. The smallest absolute Gasteiger partial charge is 0.872 e. The second kappa shape index (κ2) is 23.8. The van der Waals surface area contributed by atoms with Crippen LogP contribution in [0.2, 0.25) is 0 Å². The molecule has 0 fully saturated rings. The number of rotatable bonds is 20. The number of aromatic hydroxyl groups is 1. The fraction of sp³-hybridized carbons (Fsp3) is 0.400. The minimum atomic E-state index is -4.71. The SMILES string of the molecule is CCCCCCCCc1ccccc1Oc1cc(O)cc(S(=O)(=O)O)c1.CCCCCCCCc1ccccc1Oc1cc([O-])cc(S(=O)(=O)[O-])c1.[Ca+2]. The van der Waals surface area contributed by atoms with E-state index < -0.39 is 35.8 Å². The van der Waals surface area contributed by atoms with Crippen LogP contribution in [0.5, 0.6) is 34.5 Å². The maximum Gasteiger partial charge on any atom is 2.00 e. The Labute approximate surface area is 345 Å². The zero-order valence-electron chi connectivity index (χ0n) is 30.7. The number of aryl methyl sites for hydroxylation is 2. The molecule has 0 heterocycles. The molecule has 4 aromatic carbocycles. The molecule has 0 unspecified atom stereocenters. The summed E-state index contributed by atoms with van der Waals surface area (Å²) >= 11 is 0. The van der Waals surface area contributed by atoms with Crippen molar-refractivity contribution in [2.24, 2.45) is 0 Å². The molecule has 4 rings (SSSR count). The molecule has 10 nitrogen and oxygen atoms in total. The number of unbranched alkanes of at least 4 members (excludes halogenated alkanes) is 10. The zero-order valence-corrected chi connectivity index (χ0v) is 34.5. The first-order chi connectivity index (χ1) is 24.8. The van der Waals surface area contributed by atoms with Gasteiger partial charge in [-0.05, 0) is 61.1 Å². The van der Waals surface area contributed by atoms with Crippen LogP contribution in [0.4, 0.5) is 0 Å². The third kappa shape index (κ3) is 17.4. The van der Waals surface area contributed by atoms with Gasteiger partial charge in [-0.1, -0.05) is 121 Å². The number of para-hydroxylation sites is 2. The van der Waals surface area contributed by atoms with E-state index in [1.165, 1.54) is 69.6 Å². The van der Waals surface area contributed by atoms with Gasteiger partial charge >= 0.3 is 37.7 Å². The summed E-state index contributed by atoms with van der Waals surface area (Å²) in [4.78, 5) is -0.977. The van der Waals surface area contributed by atoms with E-state index in [0.29, 0.717) is 11.5 Å². The predicted molar refractivity (Wildman–Crippen MR) is 205 cm³/mol. The largest absolute Gasteiger partial charge is 2.00 e. The molecule has 0 saturated heterocycles. The van der Waals surface area contributed by atoms with Crippen LogP contribution in [0.1, 0.15) is 102 Å². The van der Waals surface area contributed by atoms with Gasteiger partial charge in [-0.3, -0.25) is 4.55 Å². The quantitative estimate of drug-likeness (QED) is 0.0499. The Morgan fingerprint density at radius 1 is 0.585 bits per heavy atom. The standard InChI is InChI=1S/2C20H26O5S.Ca/c2*1-2-3-4-5-6-7-10-16-11-8-9-12-20(16)25-18-13-17(21)14-19(15-18)26(22,23)24;/h2*8-9,11-15,21H,2-7,10H2,1H3,(H,22,23,24);/q;;+2/p-2. The molecule has 0 aliphatic rings. The molecular weight excluding hydrogens is 745 g/mol. The van der Waals surface area contributed by atoms with Crippen molar-refractivity contribution in [3.63, 3.8) is 0 Å². The van der Waals surface area contributed by atoms with Crippen molar-refractivity contribution in [3.05, 3.63) is 96.1 Å². The molecule has 0 aromatic heterocycles. The number of hydrogen-bond acceptors (Lipinski definition) is 9. The van der Waals surface area contributed by atoms with Crippen LogP contribution >= 0.6 is 0 Å². The minimum absolute atomic E-state index is 0. The molecule has 0 saturated carbocycles. The second-order valence-electron chi connectivity index (χ2n) is 12.7. The van der Waals surface area contributed by atoms with Crippen LogP contribution < -0.4 is 14.6 Å². The first-order valence-corrected chi connectivity index (χ1v) is 20.8. The van der Waals surface area contributed by atoms with Crippen molar-refractivity contribution in [2.75, 3.05) is 0 Å². The first-order valence-electron chi connectivity index (χ1n) is 17.9. The Hall–Kier alpha value is -2.84. The van der Waals surface area contributed by atoms with Crippen LogP contribution in [-0.4, -0.2) is 68.8 Å². The average molecular weight is 795 g/mol. The number of benzene rings is 4. The minimum Gasteiger partial charge on any atom is -0.872 e. The molecule has 0 atom stereocenters. The number of phenolic OH excluding ortho intramolecular Hbond substituents is 1. The van der Waals surface area contributed by atoms with Crippen LogP contribution in [0.15, 0.2) is 94.7 Å². The molecule has 0 aliphatic heterocycles. The summed E-state index contributed by atoms with van der Waals surface area (Å²) in [6.07, 6.45) is 16.0. The van der Waals surface area contributed by atoms with Crippen LogP contribution in [-0.2, 0) is 33.1 Å².